The van der Waals surface area contributed by atoms with E-state index in [2.05, 4.69) is 0 Å². The van der Waals surface area contributed by atoms with Gasteiger partial charge in [-0.2, -0.15) is 0 Å². The van der Waals surface area contributed by atoms with Crippen molar-refractivity contribution < 1.29 is 19.1 Å². The SMILES string of the molecule is COc1cccc(OC)c1OCCC[NH+]1CCCC1. The molecule has 1 aromatic carbocycles. The molecular weight excluding hydrogens is 242 g/mol. The van der Waals surface area contributed by atoms with Crippen LogP contribution in [0.1, 0.15) is 19.3 Å². The molecule has 4 heteroatoms. The van der Waals surface area contributed by atoms with Crippen LogP contribution < -0.4 is 19.1 Å². The standard InChI is InChI=1S/C15H23NO3/c1-17-13-7-5-8-14(18-2)15(13)19-12-6-11-16-9-3-4-10-16/h5,7-8H,3-4,6,9-12H2,1-2H3/p+1. The Bertz CT molecular complexity index is 367. The molecule has 0 atom stereocenters. The maximum absolute atomic E-state index is 5.85. The minimum atomic E-state index is 0.709. The van der Waals surface area contributed by atoms with Crippen molar-refractivity contribution in [2.24, 2.45) is 0 Å². The predicted molar refractivity (Wildman–Crippen MR) is 74.5 cm³/mol. The third-order valence-electron chi connectivity index (χ3n) is 3.61. The molecule has 2 rings (SSSR count). The van der Waals surface area contributed by atoms with Gasteiger partial charge in [-0.3, -0.25) is 0 Å². The van der Waals surface area contributed by atoms with E-state index < -0.39 is 0 Å². The summed E-state index contributed by atoms with van der Waals surface area (Å²) >= 11 is 0. The summed E-state index contributed by atoms with van der Waals surface area (Å²) in [4.78, 5) is 1.70. The summed E-state index contributed by atoms with van der Waals surface area (Å²) in [5.41, 5.74) is 0. The van der Waals surface area contributed by atoms with Gasteiger partial charge < -0.3 is 19.1 Å². The zero-order valence-corrected chi connectivity index (χ0v) is 11.9. The number of ether oxygens (including phenoxy) is 3. The number of likely N-dealkylation sites (tertiary alicyclic amines) is 1. The summed E-state index contributed by atoms with van der Waals surface area (Å²) < 4.78 is 16.5. The van der Waals surface area contributed by atoms with Crippen molar-refractivity contribution in [1.29, 1.82) is 0 Å². The van der Waals surface area contributed by atoms with E-state index in [1.54, 1.807) is 19.1 Å². The van der Waals surface area contributed by atoms with Crippen LogP contribution in [0.15, 0.2) is 18.2 Å². The van der Waals surface area contributed by atoms with Gasteiger partial charge in [-0.1, -0.05) is 6.07 Å². The Labute approximate surface area is 115 Å². The number of quaternary nitrogens is 1. The summed E-state index contributed by atoms with van der Waals surface area (Å²) in [5.74, 6) is 2.17. The molecule has 1 aliphatic heterocycles. The molecule has 106 valence electrons. The summed E-state index contributed by atoms with van der Waals surface area (Å²) in [6.07, 6.45) is 3.81. The highest BCUT2D eigenvalue weighted by atomic mass is 16.5. The second kappa shape index (κ2) is 7.24. The maximum Gasteiger partial charge on any atom is 0.203 e. The van der Waals surface area contributed by atoms with E-state index in [1.165, 1.54) is 32.5 Å². The molecule has 0 radical (unpaired) electrons. The van der Waals surface area contributed by atoms with Gasteiger partial charge in [-0.25, -0.2) is 0 Å². The van der Waals surface area contributed by atoms with Crippen LogP contribution in [0.5, 0.6) is 17.2 Å². The number of para-hydroxylation sites is 1. The van der Waals surface area contributed by atoms with Gasteiger partial charge in [-0.15, -0.1) is 0 Å². The second-order valence-corrected chi connectivity index (χ2v) is 4.90. The molecule has 1 aliphatic rings. The number of hydrogen-bond acceptors (Lipinski definition) is 3. The lowest BCUT2D eigenvalue weighted by atomic mass is 10.3. The first-order chi connectivity index (χ1) is 9.35. The Hall–Kier alpha value is -1.42. The van der Waals surface area contributed by atoms with E-state index in [0.29, 0.717) is 12.4 Å². The van der Waals surface area contributed by atoms with Gasteiger partial charge >= 0.3 is 0 Å². The number of hydrogen-bond donors (Lipinski definition) is 1. The van der Waals surface area contributed by atoms with Crippen molar-refractivity contribution in [3.63, 3.8) is 0 Å². The van der Waals surface area contributed by atoms with E-state index in [4.69, 9.17) is 14.2 Å². The maximum atomic E-state index is 5.85. The van der Waals surface area contributed by atoms with Gasteiger partial charge in [0.25, 0.3) is 0 Å². The fourth-order valence-electron chi connectivity index (χ4n) is 2.58. The monoisotopic (exact) mass is 266 g/mol. The predicted octanol–water partition coefficient (Wildman–Crippen LogP) is 1.15. The Morgan fingerprint density at radius 3 is 2.26 bits per heavy atom. The lowest BCUT2D eigenvalue weighted by Gasteiger charge is -2.15. The molecule has 0 spiro atoms. The summed E-state index contributed by atoms with van der Waals surface area (Å²) in [7, 11) is 3.30. The van der Waals surface area contributed by atoms with E-state index in [9.17, 15) is 0 Å². The molecule has 4 nitrogen and oxygen atoms in total. The molecule has 1 aromatic rings. The Morgan fingerprint density at radius 1 is 1.05 bits per heavy atom. The first-order valence-corrected chi connectivity index (χ1v) is 7.02. The van der Waals surface area contributed by atoms with Crippen LogP contribution in [0.4, 0.5) is 0 Å². The first-order valence-electron chi connectivity index (χ1n) is 7.02. The van der Waals surface area contributed by atoms with Crippen LogP contribution in [-0.2, 0) is 0 Å². The largest absolute Gasteiger partial charge is 0.493 e. The molecule has 0 bridgehead atoms. The van der Waals surface area contributed by atoms with E-state index >= 15 is 0 Å². The van der Waals surface area contributed by atoms with Crippen LogP contribution >= 0.6 is 0 Å². The van der Waals surface area contributed by atoms with Crippen molar-refractivity contribution in [3.8, 4) is 17.2 Å². The molecule has 19 heavy (non-hydrogen) atoms. The fraction of sp³-hybridized carbons (Fsp3) is 0.600. The Kier molecular flexibility index (Phi) is 5.33. The van der Waals surface area contributed by atoms with Gasteiger partial charge in [0.2, 0.25) is 5.75 Å². The molecule has 1 heterocycles. The Balaban J connectivity index is 1.83. The highest BCUT2D eigenvalue weighted by molar-refractivity contribution is 5.51. The van der Waals surface area contributed by atoms with Gasteiger partial charge in [0.05, 0.1) is 40.5 Å². The van der Waals surface area contributed by atoms with Gasteiger partial charge in [0, 0.05) is 19.3 Å². The zero-order chi connectivity index (χ0) is 13.5. The van der Waals surface area contributed by atoms with Gasteiger partial charge in [0.15, 0.2) is 11.5 Å². The molecule has 0 saturated carbocycles. The minimum absolute atomic E-state index is 0.709. The topological polar surface area (TPSA) is 32.1 Å². The smallest absolute Gasteiger partial charge is 0.203 e. The molecule has 1 N–H and O–H groups in total. The van der Waals surface area contributed by atoms with Crippen LogP contribution in [0.2, 0.25) is 0 Å². The van der Waals surface area contributed by atoms with Crippen molar-refractivity contribution in [2.75, 3.05) is 40.5 Å². The molecule has 0 aliphatic carbocycles. The van der Waals surface area contributed by atoms with Crippen molar-refractivity contribution in [1.82, 2.24) is 0 Å². The molecular formula is C15H24NO3+. The number of rotatable bonds is 7. The normalized spacial score (nSPS) is 15.5. The molecule has 0 unspecified atom stereocenters. The van der Waals surface area contributed by atoms with Crippen molar-refractivity contribution in [2.45, 2.75) is 19.3 Å². The lowest BCUT2D eigenvalue weighted by molar-refractivity contribution is -0.887. The summed E-state index contributed by atoms with van der Waals surface area (Å²) in [6.45, 7) is 4.54. The average molecular weight is 266 g/mol. The molecule has 0 aromatic heterocycles. The number of nitrogens with one attached hydrogen (secondary N) is 1. The van der Waals surface area contributed by atoms with E-state index in [-0.39, 0.29) is 0 Å². The van der Waals surface area contributed by atoms with Crippen molar-refractivity contribution in [3.05, 3.63) is 18.2 Å². The quantitative estimate of drug-likeness (QED) is 0.751. The van der Waals surface area contributed by atoms with Crippen LogP contribution in [-0.4, -0.2) is 40.5 Å². The van der Waals surface area contributed by atoms with Gasteiger partial charge in [-0.05, 0) is 12.1 Å². The average Bonchev–Trinajstić information content (AvgIpc) is 2.96. The minimum Gasteiger partial charge on any atom is -0.493 e. The van der Waals surface area contributed by atoms with Crippen molar-refractivity contribution >= 4 is 0 Å². The van der Waals surface area contributed by atoms with Gasteiger partial charge in [0.1, 0.15) is 0 Å². The lowest BCUT2D eigenvalue weighted by Crippen LogP contribution is -3.10. The molecule has 1 fully saturated rings. The number of methoxy groups -OCH3 is 2. The third-order valence-corrected chi connectivity index (χ3v) is 3.61. The van der Waals surface area contributed by atoms with Crippen LogP contribution in [0.25, 0.3) is 0 Å². The highest BCUT2D eigenvalue weighted by Crippen LogP contribution is 2.36. The first kappa shape index (κ1) is 14.0. The Morgan fingerprint density at radius 2 is 1.68 bits per heavy atom. The third kappa shape index (κ3) is 3.77. The van der Waals surface area contributed by atoms with Crippen LogP contribution in [0, 0.1) is 0 Å². The fourth-order valence-corrected chi connectivity index (χ4v) is 2.58. The van der Waals surface area contributed by atoms with E-state index in [1.807, 2.05) is 18.2 Å². The highest BCUT2D eigenvalue weighted by Gasteiger charge is 2.15. The van der Waals surface area contributed by atoms with Crippen LogP contribution in [0.3, 0.4) is 0 Å². The molecule has 1 saturated heterocycles. The summed E-state index contributed by atoms with van der Waals surface area (Å²) in [5, 5.41) is 0. The molecule has 0 amide bonds. The zero-order valence-electron chi connectivity index (χ0n) is 11.9. The summed E-state index contributed by atoms with van der Waals surface area (Å²) in [6, 6.07) is 5.69. The second-order valence-electron chi connectivity index (χ2n) is 4.90. The van der Waals surface area contributed by atoms with E-state index in [0.717, 1.165) is 17.9 Å². The number of benzene rings is 1.